The van der Waals surface area contributed by atoms with E-state index < -0.39 is 0 Å². The fraction of sp³-hybridized carbons (Fsp3) is 0.545. The Kier molecular flexibility index (Phi) is 2.05. The highest BCUT2D eigenvalue weighted by Gasteiger charge is 2.36. The molecule has 0 bridgehead atoms. The molecule has 5 heteroatoms. The highest BCUT2D eigenvalue weighted by molar-refractivity contribution is 5.99. The van der Waals surface area contributed by atoms with E-state index in [4.69, 9.17) is 0 Å². The van der Waals surface area contributed by atoms with E-state index in [-0.39, 0.29) is 5.91 Å². The molecule has 16 heavy (non-hydrogen) atoms. The van der Waals surface area contributed by atoms with Crippen LogP contribution in [0.2, 0.25) is 0 Å². The zero-order valence-electron chi connectivity index (χ0n) is 9.18. The topological polar surface area (TPSA) is 58.1 Å². The zero-order valence-corrected chi connectivity index (χ0v) is 9.18. The predicted octanol–water partition coefficient (Wildman–Crippen LogP) is 0.577. The molecule has 0 radical (unpaired) electrons. The molecule has 5 nitrogen and oxygen atoms in total. The normalized spacial score (nSPS) is 28.1. The number of nitrogens with zero attached hydrogens (tertiary/aromatic N) is 3. The third-order valence-electron chi connectivity index (χ3n) is 3.46. The van der Waals surface area contributed by atoms with Crippen molar-refractivity contribution in [3.63, 3.8) is 0 Å². The standard InChI is InChI=1S/C11H14N4O/c1-7-2-3-8-4-13-11(16)9-5-12-6-14-10(9)15(7)8/h5-8H,2-4H2,1H3,(H,13,16). The molecule has 2 unspecified atom stereocenters. The number of anilines is 1. The van der Waals surface area contributed by atoms with Gasteiger partial charge in [0.15, 0.2) is 0 Å². The minimum absolute atomic E-state index is 0.0581. The van der Waals surface area contributed by atoms with Crippen molar-refractivity contribution in [3.05, 3.63) is 18.1 Å². The smallest absolute Gasteiger partial charge is 0.256 e. The van der Waals surface area contributed by atoms with Gasteiger partial charge in [0.2, 0.25) is 0 Å². The summed E-state index contributed by atoms with van der Waals surface area (Å²) < 4.78 is 0. The summed E-state index contributed by atoms with van der Waals surface area (Å²) >= 11 is 0. The van der Waals surface area contributed by atoms with Crippen molar-refractivity contribution >= 4 is 11.7 Å². The van der Waals surface area contributed by atoms with Gasteiger partial charge in [0.25, 0.3) is 5.91 Å². The summed E-state index contributed by atoms with van der Waals surface area (Å²) in [5.74, 6) is 0.734. The summed E-state index contributed by atoms with van der Waals surface area (Å²) in [5.41, 5.74) is 0.596. The van der Waals surface area contributed by atoms with Crippen LogP contribution in [0, 0.1) is 0 Å². The molecular weight excluding hydrogens is 204 g/mol. The number of carbonyl (C=O) groups excluding carboxylic acids is 1. The number of hydrogen-bond acceptors (Lipinski definition) is 4. The molecule has 0 spiro atoms. The van der Waals surface area contributed by atoms with Gasteiger partial charge in [-0.25, -0.2) is 9.97 Å². The zero-order chi connectivity index (χ0) is 11.1. The Morgan fingerprint density at radius 2 is 2.38 bits per heavy atom. The van der Waals surface area contributed by atoms with E-state index in [9.17, 15) is 4.79 Å². The van der Waals surface area contributed by atoms with E-state index >= 15 is 0 Å². The van der Waals surface area contributed by atoms with Crippen molar-refractivity contribution in [2.75, 3.05) is 11.4 Å². The first kappa shape index (κ1) is 9.57. The van der Waals surface area contributed by atoms with Crippen LogP contribution in [0.15, 0.2) is 12.5 Å². The van der Waals surface area contributed by atoms with Crippen LogP contribution in [0.5, 0.6) is 0 Å². The highest BCUT2D eigenvalue weighted by atomic mass is 16.1. The van der Waals surface area contributed by atoms with Gasteiger partial charge in [0.1, 0.15) is 17.7 Å². The molecule has 0 aromatic carbocycles. The monoisotopic (exact) mass is 218 g/mol. The Hall–Kier alpha value is -1.65. The van der Waals surface area contributed by atoms with E-state index in [1.807, 2.05) is 0 Å². The molecule has 1 fully saturated rings. The molecule has 2 atom stereocenters. The first-order valence-electron chi connectivity index (χ1n) is 5.64. The summed E-state index contributed by atoms with van der Waals surface area (Å²) in [6, 6.07) is 0.835. The van der Waals surface area contributed by atoms with Crippen LogP contribution in [0.4, 0.5) is 5.82 Å². The van der Waals surface area contributed by atoms with E-state index in [1.54, 1.807) is 6.20 Å². The fourth-order valence-electron chi connectivity index (χ4n) is 2.65. The van der Waals surface area contributed by atoms with Gasteiger partial charge in [-0.15, -0.1) is 0 Å². The molecule has 0 saturated carbocycles. The number of aromatic nitrogens is 2. The van der Waals surface area contributed by atoms with Crippen molar-refractivity contribution in [3.8, 4) is 0 Å². The van der Waals surface area contributed by atoms with Crippen LogP contribution in [0.25, 0.3) is 0 Å². The molecular formula is C11H14N4O. The molecule has 2 aliphatic rings. The molecule has 1 amide bonds. The molecule has 0 aliphatic carbocycles. The van der Waals surface area contributed by atoms with Crippen molar-refractivity contribution in [1.29, 1.82) is 0 Å². The Bertz CT molecular complexity index is 434. The highest BCUT2D eigenvalue weighted by Crippen LogP contribution is 2.32. The molecule has 3 rings (SSSR count). The molecule has 3 heterocycles. The summed E-state index contributed by atoms with van der Waals surface area (Å²) in [5, 5.41) is 2.93. The summed E-state index contributed by atoms with van der Waals surface area (Å²) in [6.45, 7) is 2.89. The number of hydrogen-bond donors (Lipinski definition) is 1. The van der Waals surface area contributed by atoms with E-state index in [2.05, 4.69) is 27.1 Å². The molecule has 1 saturated heterocycles. The van der Waals surface area contributed by atoms with Gasteiger partial charge in [-0.2, -0.15) is 0 Å². The second-order valence-corrected chi connectivity index (χ2v) is 4.46. The molecule has 1 N–H and O–H groups in total. The van der Waals surface area contributed by atoms with Crippen LogP contribution in [0.1, 0.15) is 30.1 Å². The van der Waals surface area contributed by atoms with Crippen molar-refractivity contribution < 1.29 is 4.79 Å². The van der Waals surface area contributed by atoms with E-state index in [0.717, 1.165) is 18.7 Å². The van der Waals surface area contributed by atoms with Crippen molar-refractivity contribution in [1.82, 2.24) is 15.3 Å². The fourth-order valence-corrected chi connectivity index (χ4v) is 2.65. The lowest BCUT2D eigenvalue weighted by molar-refractivity contribution is 0.0955. The average Bonchev–Trinajstić information content (AvgIpc) is 2.60. The van der Waals surface area contributed by atoms with Gasteiger partial charge < -0.3 is 10.2 Å². The van der Waals surface area contributed by atoms with E-state index in [1.165, 1.54) is 6.33 Å². The first-order chi connectivity index (χ1) is 7.77. The third kappa shape index (κ3) is 1.27. The largest absolute Gasteiger partial charge is 0.350 e. The second kappa shape index (κ2) is 3.43. The van der Waals surface area contributed by atoms with Gasteiger partial charge >= 0.3 is 0 Å². The molecule has 1 aromatic heterocycles. The average molecular weight is 218 g/mol. The van der Waals surface area contributed by atoms with Crippen LogP contribution in [-0.2, 0) is 0 Å². The number of carbonyl (C=O) groups is 1. The van der Waals surface area contributed by atoms with Gasteiger partial charge in [-0.3, -0.25) is 4.79 Å². The molecule has 84 valence electrons. The van der Waals surface area contributed by atoms with Gasteiger partial charge in [-0.1, -0.05) is 0 Å². The SMILES string of the molecule is CC1CCC2CNC(=O)c3cncnc3N12. The number of nitrogens with one attached hydrogen (secondary N) is 1. The van der Waals surface area contributed by atoms with Crippen molar-refractivity contribution in [2.24, 2.45) is 0 Å². The van der Waals surface area contributed by atoms with Crippen LogP contribution >= 0.6 is 0 Å². The third-order valence-corrected chi connectivity index (χ3v) is 3.46. The van der Waals surface area contributed by atoms with Crippen molar-refractivity contribution in [2.45, 2.75) is 31.8 Å². The Morgan fingerprint density at radius 1 is 1.50 bits per heavy atom. The number of rotatable bonds is 0. The van der Waals surface area contributed by atoms with E-state index in [0.29, 0.717) is 24.2 Å². The second-order valence-electron chi connectivity index (χ2n) is 4.46. The Balaban J connectivity index is 2.13. The van der Waals surface area contributed by atoms with Crippen LogP contribution in [-0.4, -0.2) is 34.5 Å². The lowest BCUT2D eigenvalue weighted by Crippen LogP contribution is -2.39. The number of amides is 1. The predicted molar refractivity (Wildman–Crippen MR) is 59.3 cm³/mol. The lowest BCUT2D eigenvalue weighted by atomic mass is 10.2. The maximum atomic E-state index is 11.8. The molecule has 2 aliphatic heterocycles. The maximum absolute atomic E-state index is 11.8. The first-order valence-corrected chi connectivity index (χ1v) is 5.64. The van der Waals surface area contributed by atoms with Gasteiger partial charge in [0, 0.05) is 24.8 Å². The van der Waals surface area contributed by atoms with Gasteiger partial charge in [-0.05, 0) is 19.8 Å². The Morgan fingerprint density at radius 3 is 3.25 bits per heavy atom. The minimum Gasteiger partial charge on any atom is -0.350 e. The summed E-state index contributed by atoms with van der Waals surface area (Å²) in [7, 11) is 0. The maximum Gasteiger partial charge on any atom is 0.256 e. The van der Waals surface area contributed by atoms with Crippen LogP contribution in [0.3, 0.4) is 0 Å². The summed E-state index contributed by atoms with van der Waals surface area (Å²) in [4.78, 5) is 22.3. The Labute approximate surface area is 93.9 Å². The van der Waals surface area contributed by atoms with Gasteiger partial charge in [0.05, 0.1) is 0 Å². The summed E-state index contributed by atoms with van der Waals surface area (Å²) in [6.07, 6.45) is 5.39. The lowest BCUT2D eigenvalue weighted by Gasteiger charge is -2.27. The van der Waals surface area contributed by atoms with Crippen LogP contribution < -0.4 is 10.2 Å². The molecule has 1 aromatic rings. The number of fused-ring (bicyclic) bond motifs is 3. The minimum atomic E-state index is -0.0581. The quantitative estimate of drug-likeness (QED) is 0.692.